The predicted octanol–water partition coefficient (Wildman–Crippen LogP) is 1.62. The number of benzene rings is 1. The van der Waals surface area contributed by atoms with Crippen molar-refractivity contribution in [1.82, 2.24) is 0 Å². The summed E-state index contributed by atoms with van der Waals surface area (Å²) in [4.78, 5) is 9.92. The van der Waals surface area contributed by atoms with Crippen molar-refractivity contribution < 1.29 is 14.6 Å². The summed E-state index contributed by atoms with van der Waals surface area (Å²) in [6.45, 7) is -0.0128. The Morgan fingerprint density at radius 1 is 1.58 bits per heavy atom. The summed E-state index contributed by atoms with van der Waals surface area (Å²) in [6, 6.07) is 4.38. The number of hydrogen-bond acceptors (Lipinski definition) is 3. The molecule has 1 aromatic carbocycles. The molecule has 0 atom stereocenters. The van der Waals surface area contributed by atoms with E-state index in [-0.39, 0.29) is 17.4 Å². The van der Waals surface area contributed by atoms with Crippen LogP contribution in [-0.4, -0.2) is 18.0 Å². The maximum Gasteiger partial charge on any atom is 0.157 e. The molecule has 0 radical (unpaired) electrons. The molecule has 0 amide bonds. The van der Waals surface area contributed by atoms with Gasteiger partial charge in [0, 0.05) is 6.07 Å². The molecule has 0 unspecified atom stereocenters. The van der Waals surface area contributed by atoms with Crippen LogP contribution in [0.2, 0.25) is 5.02 Å². The first-order valence-corrected chi connectivity index (χ1v) is 3.67. The second-order valence-corrected chi connectivity index (χ2v) is 2.50. The SMILES string of the molecule is O=CCOc1ccc(O)c(Cl)c1. The largest absolute Gasteiger partial charge is 0.506 e. The molecule has 0 aromatic heterocycles. The Balaban J connectivity index is 2.75. The highest BCUT2D eigenvalue weighted by Gasteiger charge is 1.99. The highest BCUT2D eigenvalue weighted by Crippen LogP contribution is 2.27. The Hall–Kier alpha value is -1.22. The van der Waals surface area contributed by atoms with E-state index in [9.17, 15) is 4.79 Å². The first-order chi connectivity index (χ1) is 5.74. The Kier molecular flexibility index (Phi) is 2.94. The molecule has 0 spiro atoms. The van der Waals surface area contributed by atoms with Crippen LogP contribution in [0.3, 0.4) is 0 Å². The number of aromatic hydroxyl groups is 1. The molecular weight excluding hydrogens is 180 g/mol. The second kappa shape index (κ2) is 3.97. The van der Waals surface area contributed by atoms with E-state index in [0.717, 1.165) is 0 Å². The van der Waals surface area contributed by atoms with Crippen molar-refractivity contribution in [2.45, 2.75) is 0 Å². The number of halogens is 1. The van der Waals surface area contributed by atoms with E-state index >= 15 is 0 Å². The van der Waals surface area contributed by atoms with Crippen LogP contribution in [0.1, 0.15) is 0 Å². The molecule has 1 aromatic rings. The summed E-state index contributed by atoms with van der Waals surface area (Å²) < 4.78 is 4.93. The Morgan fingerprint density at radius 2 is 2.33 bits per heavy atom. The van der Waals surface area contributed by atoms with Crippen LogP contribution < -0.4 is 4.74 Å². The van der Waals surface area contributed by atoms with Gasteiger partial charge >= 0.3 is 0 Å². The van der Waals surface area contributed by atoms with E-state index in [0.29, 0.717) is 12.0 Å². The van der Waals surface area contributed by atoms with E-state index < -0.39 is 0 Å². The normalized spacial score (nSPS) is 9.42. The van der Waals surface area contributed by atoms with Crippen molar-refractivity contribution in [1.29, 1.82) is 0 Å². The van der Waals surface area contributed by atoms with E-state index in [1.54, 1.807) is 0 Å². The van der Waals surface area contributed by atoms with E-state index in [2.05, 4.69) is 0 Å². The van der Waals surface area contributed by atoms with Crippen LogP contribution in [0, 0.1) is 0 Å². The number of carbonyl (C=O) groups excluding carboxylic acids is 1. The van der Waals surface area contributed by atoms with Gasteiger partial charge < -0.3 is 9.84 Å². The van der Waals surface area contributed by atoms with Crippen molar-refractivity contribution in [3.63, 3.8) is 0 Å². The first-order valence-electron chi connectivity index (χ1n) is 3.29. The summed E-state index contributed by atoms with van der Waals surface area (Å²) in [5.41, 5.74) is 0. The molecule has 0 heterocycles. The van der Waals surface area contributed by atoms with Crippen LogP contribution in [0.5, 0.6) is 11.5 Å². The molecule has 0 fully saturated rings. The molecule has 4 heteroatoms. The number of ether oxygens (including phenoxy) is 1. The standard InChI is InChI=1S/C8H7ClO3/c9-7-5-6(12-4-3-10)1-2-8(7)11/h1-3,5,11H,4H2. The van der Waals surface area contributed by atoms with Crippen LogP contribution in [0.25, 0.3) is 0 Å². The molecule has 0 aliphatic rings. The van der Waals surface area contributed by atoms with Gasteiger partial charge in [-0.15, -0.1) is 0 Å². The zero-order valence-corrected chi connectivity index (χ0v) is 6.91. The molecule has 3 nitrogen and oxygen atoms in total. The number of carbonyl (C=O) groups is 1. The number of hydrogen-bond donors (Lipinski definition) is 1. The average molecular weight is 187 g/mol. The fourth-order valence-electron chi connectivity index (χ4n) is 0.708. The predicted molar refractivity (Wildman–Crippen MR) is 44.7 cm³/mol. The summed E-state index contributed by atoms with van der Waals surface area (Å²) in [5, 5.41) is 9.22. The van der Waals surface area contributed by atoms with Crippen molar-refractivity contribution in [2.24, 2.45) is 0 Å². The van der Waals surface area contributed by atoms with Crippen molar-refractivity contribution >= 4 is 17.9 Å². The minimum Gasteiger partial charge on any atom is -0.506 e. The maximum atomic E-state index is 9.92. The Labute approximate surface area is 74.5 Å². The summed E-state index contributed by atoms with van der Waals surface area (Å²) >= 11 is 5.57. The molecule has 64 valence electrons. The van der Waals surface area contributed by atoms with Crippen molar-refractivity contribution in [3.8, 4) is 11.5 Å². The van der Waals surface area contributed by atoms with Gasteiger partial charge in [0.05, 0.1) is 5.02 Å². The molecular formula is C8H7ClO3. The third-order valence-corrected chi connectivity index (χ3v) is 1.54. The number of aldehydes is 1. The lowest BCUT2D eigenvalue weighted by Gasteiger charge is -2.02. The summed E-state index contributed by atoms with van der Waals surface area (Å²) in [5.74, 6) is 0.458. The lowest BCUT2D eigenvalue weighted by molar-refractivity contribution is -0.109. The van der Waals surface area contributed by atoms with Gasteiger partial charge in [0.25, 0.3) is 0 Å². The molecule has 12 heavy (non-hydrogen) atoms. The minimum atomic E-state index is -0.0128. The van der Waals surface area contributed by atoms with Gasteiger partial charge in [0.15, 0.2) is 6.29 Å². The van der Waals surface area contributed by atoms with E-state index in [4.69, 9.17) is 21.4 Å². The molecule has 1 rings (SSSR count). The van der Waals surface area contributed by atoms with E-state index in [1.807, 2.05) is 0 Å². The van der Waals surface area contributed by atoms with Crippen molar-refractivity contribution in [2.75, 3.05) is 6.61 Å². The minimum absolute atomic E-state index is 0.00452. The number of phenolic OH excluding ortho intramolecular Hbond substituents is 1. The quantitative estimate of drug-likeness (QED) is 0.730. The van der Waals surface area contributed by atoms with Gasteiger partial charge in [0.2, 0.25) is 0 Å². The molecule has 0 saturated heterocycles. The fourth-order valence-corrected chi connectivity index (χ4v) is 0.878. The smallest absolute Gasteiger partial charge is 0.157 e. The monoisotopic (exact) mass is 186 g/mol. The molecule has 1 N–H and O–H groups in total. The van der Waals surface area contributed by atoms with Crippen LogP contribution in [0.15, 0.2) is 18.2 Å². The van der Waals surface area contributed by atoms with Gasteiger partial charge in [0.1, 0.15) is 18.1 Å². The first kappa shape index (κ1) is 8.87. The summed E-state index contributed by atoms with van der Waals surface area (Å²) in [6.07, 6.45) is 0.640. The lowest BCUT2D eigenvalue weighted by atomic mass is 10.3. The van der Waals surface area contributed by atoms with Crippen LogP contribution >= 0.6 is 11.6 Å². The highest BCUT2D eigenvalue weighted by atomic mass is 35.5. The topological polar surface area (TPSA) is 46.5 Å². The van der Waals surface area contributed by atoms with E-state index in [1.165, 1.54) is 18.2 Å². The maximum absolute atomic E-state index is 9.92. The zero-order chi connectivity index (χ0) is 8.97. The van der Waals surface area contributed by atoms with Gasteiger partial charge in [-0.25, -0.2) is 0 Å². The lowest BCUT2D eigenvalue weighted by Crippen LogP contribution is -1.96. The summed E-state index contributed by atoms with van der Waals surface area (Å²) in [7, 11) is 0. The second-order valence-electron chi connectivity index (χ2n) is 2.09. The third-order valence-electron chi connectivity index (χ3n) is 1.24. The average Bonchev–Trinajstić information content (AvgIpc) is 2.07. The zero-order valence-electron chi connectivity index (χ0n) is 6.16. The third kappa shape index (κ3) is 2.13. The Morgan fingerprint density at radius 3 is 2.92 bits per heavy atom. The van der Waals surface area contributed by atoms with Crippen LogP contribution in [0.4, 0.5) is 0 Å². The van der Waals surface area contributed by atoms with Gasteiger partial charge in [-0.3, -0.25) is 4.79 Å². The van der Waals surface area contributed by atoms with Crippen molar-refractivity contribution in [3.05, 3.63) is 23.2 Å². The van der Waals surface area contributed by atoms with Gasteiger partial charge in [-0.05, 0) is 12.1 Å². The Bertz CT molecular complexity index is 286. The number of phenols is 1. The molecule has 0 aliphatic carbocycles. The fraction of sp³-hybridized carbons (Fsp3) is 0.125. The molecule has 0 aliphatic heterocycles. The highest BCUT2D eigenvalue weighted by molar-refractivity contribution is 6.32. The molecule has 0 bridgehead atoms. The molecule has 0 saturated carbocycles. The van der Waals surface area contributed by atoms with Crippen LogP contribution in [-0.2, 0) is 4.79 Å². The van der Waals surface area contributed by atoms with Gasteiger partial charge in [-0.2, -0.15) is 0 Å². The van der Waals surface area contributed by atoms with Gasteiger partial charge in [-0.1, -0.05) is 11.6 Å². The number of rotatable bonds is 3.